The van der Waals surface area contributed by atoms with Crippen molar-refractivity contribution in [3.8, 4) is 0 Å². The van der Waals surface area contributed by atoms with E-state index in [1.54, 1.807) is 36.4 Å². The Kier molecular flexibility index (Phi) is 3.79. The fourth-order valence-electron chi connectivity index (χ4n) is 1.37. The first-order chi connectivity index (χ1) is 8.66. The second-order valence-electron chi connectivity index (χ2n) is 3.51. The molecule has 0 saturated carbocycles. The van der Waals surface area contributed by atoms with Crippen LogP contribution in [-0.2, 0) is 9.63 Å². The van der Waals surface area contributed by atoms with Gasteiger partial charge in [0.2, 0.25) is 0 Å². The minimum absolute atomic E-state index is 0.437. The van der Waals surface area contributed by atoms with Gasteiger partial charge in [-0.2, -0.15) is 0 Å². The summed E-state index contributed by atoms with van der Waals surface area (Å²) in [4.78, 5) is 15.5. The summed E-state index contributed by atoms with van der Waals surface area (Å²) >= 11 is 5.82. The summed E-state index contributed by atoms with van der Waals surface area (Å²) in [5, 5.41) is 4.41. The van der Waals surface area contributed by atoms with E-state index >= 15 is 0 Å². The van der Waals surface area contributed by atoms with Crippen LogP contribution in [0.2, 0.25) is 5.02 Å². The van der Waals surface area contributed by atoms with E-state index in [4.69, 9.17) is 16.0 Å². The fraction of sp³-hybridized carbons (Fsp3) is 0.0769. The summed E-state index contributed by atoms with van der Waals surface area (Å²) in [7, 11) is 0. The molecule has 1 aromatic heterocycles. The number of rotatable bonds is 3. The molecule has 0 N–H and O–H groups in total. The molecule has 0 radical (unpaired) electrons. The maximum atomic E-state index is 10.8. The molecule has 0 saturated heterocycles. The van der Waals surface area contributed by atoms with Crippen LogP contribution in [0.15, 0.2) is 52.2 Å². The normalized spacial score (nSPS) is 11.3. The Hall–Kier alpha value is -2.07. The van der Waals surface area contributed by atoms with Gasteiger partial charge in [-0.15, -0.1) is 0 Å². The Morgan fingerprint density at radius 1 is 1.28 bits per heavy atom. The lowest BCUT2D eigenvalue weighted by molar-refractivity contribution is -0.140. The number of hydrogen-bond donors (Lipinski definition) is 0. The third-order valence-corrected chi connectivity index (χ3v) is 2.39. The number of nitrogens with zero attached hydrogens (tertiary/aromatic N) is 1. The van der Waals surface area contributed by atoms with E-state index < -0.39 is 5.97 Å². The van der Waals surface area contributed by atoms with Crippen molar-refractivity contribution in [2.24, 2.45) is 5.16 Å². The SMILES string of the molecule is CC(=O)O/N=C(\c1ccc(Cl)cc1)c1ccco1. The Morgan fingerprint density at radius 2 is 2.00 bits per heavy atom. The first kappa shape index (κ1) is 12.4. The molecule has 18 heavy (non-hydrogen) atoms. The highest BCUT2D eigenvalue weighted by Gasteiger charge is 2.11. The monoisotopic (exact) mass is 263 g/mol. The molecule has 0 atom stereocenters. The number of oxime groups is 1. The minimum Gasteiger partial charge on any atom is -0.463 e. The Bertz CT molecular complexity index is 558. The van der Waals surface area contributed by atoms with E-state index in [2.05, 4.69) is 9.99 Å². The lowest BCUT2D eigenvalue weighted by Gasteiger charge is -2.03. The summed E-state index contributed by atoms with van der Waals surface area (Å²) in [6, 6.07) is 10.5. The molecule has 92 valence electrons. The van der Waals surface area contributed by atoms with Crippen molar-refractivity contribution in [2.45, 2.75) is 6.92 Å². The van der Waals surface area contributed by atoms with Crippen LogP contribution in [0.25, 0.3) is 0 Å². The van der Waals surface area contributed by atoms with Crippen molar-refractivity contribution in [1.29, 1.82) is 0 Å². The molecule has 2 rings (SSSR count). The highest BCUT2D eigenvalue weighted by atomic mass is 35.5. The first-order valence-corrected chi connectivity index (χ1v) is 5.60. The third-order valence-electron chi connectivity index (χ3n) is 2.14. The van der Waals surface area contributed by atoms with Crippen molar-refractivity contribution in [3.05, 3.63) is 59.0 Å². The molecule has 0 bridgehead atoms. The smallest absolute Gasteiger partial charge is 0.332 e. The zero-order chi connectivity index (χ0) is 13.0. The van der Waals surface area contributed by atoms with Gasteiger partial charge < -0.3 is 9.25 Å². The van der Waals surface area contributed by atoms with Gasteiger partial charge in [-0.05, 0) is 24.3 Å². The van der Waals surface area contributed by atoms with Gasteiger partial charge in [0.1, 0.15) is 0 Å². The van der Waals surface area contributed by atoms with E-state index in [1.165, 1.54) is 13.2 Å². The average molecular weight is 264 g/mol. The van der Waals surface area contributed by atoms with E-state index in [-0.39, 0.29) is 0 Å². The van der Waals surface area contributed by atoms with Crippen molar-refractivity contribution >= 4 is 23.3 Å². The van der Waals surface area contributed by atoms with Gasteiger partial charge in [-0.3, -0.25) is 0 Å². The van der Waals surface area contributed by atoms with Crippen molar-refractivity contribution in [2.75, 3.05) is 0 Å². The zero-order valence-electron chi connectivity index (χ0n) is 9.59. The predicted octanol–water partition coefficient (Wildman–Crippen LogP) is 3.25. The van der Waals surface area contributed by atoms with Gasteiger partial charge in [0.15, 0.2) is 11.5 Å². The quantitative estimate of drug-likeness (QED) is 0.485. The summed E-state index contributed by atoms with van der Waals surface area (Å²) in [5.74, 6) is 0.0200. The lowest BCUT2D eigenvalue weighted by atomic mass is 10.1. The largest absolute Gasteiger partial charge is 0.463 e. The van der Waals surface area contributed by atoms with E-state index in [0.717, 1.165) is 5.56 Å². The molecule has 0 aliphatic heterocycles. The predicted molar refractivity (Wildman–Crippen MR) is 67.6 cm³/mol. The van der Waals surface area contributed by atoms with Crippen LogP contribution in [0.5, 0.6) is 0 Å². The minimum atomic E-state index is -0.493. The molecule has 0 amide bonds. The van der Waals surface area contributed by atoms with E-state index in [0.29, 0.717) is 16.5 Å². The van der Waals surface area contributed by atoms with Gasteiger partial charge in [0.25, 0.3) is 0 Å². The molecule has 0 unspecified atom stereocenters. The number of carbonyl (C=O) groups is 1. The standard InChI is InChI=1S/C13H10ClNO3/c1-9(16)18-15-13(12-3-2-8-17-12)10-4-6-11(14)7-5-10/h2-8H,1H3/b15-13+. The third kappa shape index (κ3) is 2.99. The maximum Gasteiger partial charge on any atom is 0.332 e. The van der Waals surface area contributed by atoms with Crippen LogP contribution in [0.4, 0.5) is 0 Å². The molecule has 0 spiro atoms. The first-order valence-electron chi connectivity index (χ1n) is 5.22. The number of hydrogen-bond acceptors (Lipinski definition) is 4. The van der Waals surface area contributed by atoms with E-state index in [9.17, 15) is 4.79 Å². The summed E-state index contributed by atoms with van der Waals surface area (Å²) < 4.78 is 5.26. The van der Waals surface area contributed by atoms with Crippen LogP contribution in [0, 0.1) is 0 Å². The molecule has 1 heterocycles. The van der Waals surface area contributed by atoms with Crippen LogP contribution in [0.1, 0.15) is 18.2 Å². The topological polar surface area (TPSA) is 51.8 Å². The summed E-state index contributed by atoms with van der Waals surface area (Å²) in [5.41, 5.74) is 1.18. The van der Waals surface area contributed by atoms with Crippen molar-refractivity contribution in [1.82, 2.24) is 0 Å². The van der Waals surface area contributed by atoms with Crippen LogP contribution in [-0.4, -0.2) is 11.7 Å². The van der Waals surface area contributed by atoms with Gasteiger partial charge >= 0.3 is 5.97 Å². The zero-order valence-corrected chi connectivity index (χ0v) is 10.3. The molecule has 4 nitrogen and oxygen atoms in total. The Balaban J connectivity index is 2.39. The van der Waals surface area contributed by atoms with Crippen molar-refractivity contribution < 1.29 is 14.0 Å². The number of furan rings is 1. The number of benzene rings is 1. The van der Waals surface area contributed by atoms with Crippen LogP contribution < -0.4 is 0 Å². The second-order valence-corrected chi connectivity index (χ2v) is 3.94. The maximum absolute atomic E-state index is 10.8. The van der Waals surface area contributed by atoms with Gasteiger partial charge in [-0.1, -0.05) is 28.9 Å². The average Bonchev–Trinajstić information content (AvgIpc) is 2.85. The fourth-order valence-corrected chi connectivity index (χ4v) is 1.50. The number of halogens is 1. The summed E-state index contributed by atoms with van der Waals surface area (Å²) in [6.45, 7) is 1.28. The van der Waals surface area contributed by atoms with E-state index in [1.807, 2.05) is 0 Å². The highest BCUT2D eigenvalue weighted by molar-refractivity contribution is 6.30. The Labute approximate surface area is 109 Å². The second kappa shape index (κ2) is 5.51. The molecular weight excluding hydrogens is 254 g/mol. The molecule has 0 aliphatic rings. The molecule has 0 aliphatic carbocycles. The molecule has 2 aromatic rings. The highest BCUT2D eigenvalue weighted by Crippen LogP contribution is 2.15. The van der Waals surface area contributed by atoms with Gasteiger partial charge in [0.05, 0.1) is 6.26 Å². The van der Waals surface area contributed by atoms with Gasteiger partial charge in [-0.25, -0.2) is 4.79 Å². The number of carbonyl (C=O) groups excluding carboxylic acids is 1. The molecule has 0 fully saturated rings. The van der Waals surface area contributed by atoms with Crippen LogP contribution >= 0.6 is 11.6 Å². The van der Waals surface area contributed by atoms with Crippen LogP contribution in [0.3, 0.4) is 0 Å². The lowest BCUT2D eigenvalue weighted by Crippen LogP contribution is -2.04. The van der Waals surface area contributed by atoms with Gasteiger partial charge in [0, 0.05) is 17.5 Å². The summed E-state index contributed by atoms with van der Waals surface area (Å²) in [6.07, 6.45) is 1.52. The molecular formula is C13H10ClNO3. The van der Waals surface area contributed by atoms with Crippen molar-refractivity contribution in [3.63, 3.8) is 0 Å². The molecule has 1 aromatic carbocycles. The Morgan fingerprint density at radius 3 is 2.56 bits per heavy atom. The molecule has 5 heteroatoms.